The van der Waals surface area contributed by atoms with E-state index in [0.29, 0.717) is 5.56 Å². The number of piperidine rings is 1. The van der Waals surface area contributed by atoms with Gasteiger partial charge >= 0.3 is 0 Å². The number of nitrogens with zero attached hydrogens (tertiary/aromatic N) is 4. The zero-order chi connectivity index (χ0) is 18.7. The first-order valence-corrected chi connectivity index (χ1v) is 9.69. The van der Waals surface area contributed by atoms with Crippen LogP contribution in [0.5, 0.6) is 0 Å². The monoisotopic (exact) mass is 360 g/mol. The second-order valence-electron chi connectivity index (χ2n) is 7.45. The number of carbonyl (C=O) groups is 1. The van der Waals surface area contributed by atoms with Gasteiger partial charge in [-0.15, -0.1) is 0 Å². The number of pyridine rings is 1. The molecule has 0 aliphatic carbocycles. The zero-order valence-electron chi connectivity index (χ0n) is 15.5. The van der Waals surface area contributed by atoms with Crippen molar-refractivity contribution in [2.75, 3.05) is 31.1 Å². The molecule has 4 rings (SSSR count). The molecule has 138 valence electrons. The highest BCUT2D eigenvalue weighted by Gasteiger charge is 2.36. The van der Waals surface area contributed by atoms with Crippen LogP contribution in [0.25, 0.3) is 0 Å². The Kier molecular flexibility index (Phi) is 4.81. The maximum Gasteiger partial charge on any atom is 0.255 e. The number of carbonyl (C=O) groups excluding carboxylic acids is 1. The van der Waals surface area contributed by atoms with Crippen LogP contribution in [0.15, 0.2) is 48.7 Å². The Morgan fingerprint density at radius 1 is 1.00 bits per heavy atom. The lowest BCUT2D eigenvalue weighted by Gasteiger charge is -2.38. The number of benzene rings is 1. The van der Waals surface area contributed by atoms with Gasteiger partial charge in [-0.2, -0.15) is 5.26 Å². The fourth-order valence-corrected chi connectivity index (χ4v) is 4.14. The van der Waals surface area contributed by atoms with Crippen molar-refractivity contribution in [1.29, 1.82) is 5.26 Å². The summed E-state index contributed by atoms with van der Waals surface area (Å²) in [4.78, 5) is 21.1. The Morgan fingerprint density at radius 3 is 2.30 bits per heavy atom. The van der Waals surface area contributed by atoms with Gasteiger partial charge < -0.3 is 9.80 Å². The van der Waals surface area contributed by atoms with Crippen LogP contribution in [0.3, 0.4) is 0 Å². The van der Waals surface area contributed by atoms with Crippen molar-refractivity contribution in [2.45, 2.75) is 31.1 Å². The Morgan fingerprint density at radius 2 is 1.70 bits per heavy atom. The molecule has 1 aromatic heterocycles. The highest BCUT2D eigenvalue weighted by Crippen LogP contribution is 2.36. The second-order valence-corrected chi connectivity index (χ2v) is 7.45. The van der Waals surface area contributed by atoms with E-state index in [1.54, 1.807) is 6.20 Å². The minimum absolute atomic E-state index is 0.0813. The molecule has 1 aromatic carbocycles. The molecule has 0 atom stereocenters. The smallest absolute Gasteiger partial charge is 0.255 e. The van der Waals surface area contributed by atoms with Gasteiger partial charge in [0, 0.05) is 32.4 Å². The minimum Gasteiger partial charge on any atom is -0.356 e. The van der Waals surface area contributed by atoms with Crippen LogP contribution in [-0.4, -0.2) is 42.0 Å². The normalized spacial score (nSPS) is 18.9. The van der Waals surface area contributed by atoms with E-state index in [4.69, 9.17) is 0 Å². The quantitative estimate of drug-likeness (QED) is 0.842. The second kappa shape index (κ2) is 7.40. The standard InChI is InChI=1S/C22H24N4O/c23-17-22(19-6-2-1-3-7-19)10-14-25(15-11-22)20-9-8-18(16-24-20)21(27)26-12-4-5-13-26/h1-3,6-9,16H,4-5,10-15H2. The summed E-state index contributed by atoms with van der Waals surface area (Å²) in [6, 6.07) is 16.5. The fourth-order valence-electron chi connectivity index (χ4n) is 4.14. The molecule has 2 aliphatic rings. The third-order valence-corrected chi connectivity index (χ3v) is 5.87. The van der Waals surface area contributed by atoms with E-state index in [0.717, 1.165) is 63.2 Å². The molecule has 2 fully saturated rings. The van der Waals surface area contributed by atoms with Crippen LogP contribution in [-0.2, 0) is 5.41 Å². The van der Waals surface area contributed by atoms with Crippen LogP contribution in [0, 0.1) is 11.3 Å². The molecule has 1 amide bonds. The predicted octanol–water partition coefficient (Wildman–Crippen LogP) is 3.38. The molecule has 0 N–H and O–H groups in total. The molecular weight excluding hydrogens is 336 g/mol. The van der Waals surface area contributed by atoms with Crippen molar-refractivity contribution in [3.8, 4) is 6.07 Å². The van der Waals surface area contributed by atoms with E-state index in [2.05, 4.69) is 28.1 Å². The number of hydrogen-bond acceptors (Lipinski definition) is 4. The zero-order valence-corrected chi connectivity index (χ0v) is 15.5. The summed E-state index contributed by atoms with van der Waals surface area (Å²) < 4.78 is 0. The Hall–Kier alpha value is -2.87. The lowest BCUT2D eigenvalue weighted by molar-refractivity contribution is 0.0792. The Balaban J connectivity index is 1.44. The van der Waals surface area contributed by atoms with E-state index < -0.39 is 5.41 Å². The average molecular weight is 360 g/mol. The van der Waals surface area contributed by atoms with Crippen molar-refractivity contribution in [2.24, 2.45) is 0 Å². The van der Waals surface area contributed by atoms with Gasteiger partial charge in [0.25, 0.3) is 5.91 Å². The maximum absolute atomic E-state index is 12.5. The molecule has 0 radical (unpaired) electrons. The van der Waals surface area contributed by atoms with E-state index in [1.807, 2.05) is 35.2 Å². The number of amides is 1. The van der Waals surface area contributed by atoms with Gasteiger partial charge in [0.1, 0.15) is 5.82 Å². The molecule has 5 heteroatoms. The number of rotatable bonds is 3. The summed E-state index contributed by atoms with van der Waals surface area (Å²) >= 11 is 0. The molecule has 0 unspecified atom stereocenters. The van der Waals surface area contributed by atoms with Crippen LogP contribution in [0.4, 0.5) is 5.82 Å². The molecule has 5 nitrogen and oxygen atoms in total. The third-order valence-electron chi connectivity index (χ3n) is 5.87. The first-order chi connectivity index (χ1) is 13.2. The summed E-state index contributed by atoms with van der Waals surface area (Å²) in [7, 11) is 0. The van der Waals surface area contributed by atoms with Crippen LogP contribution in [0.1, 0.15) is 41.6 Å². The van der Waals surface area contributed by atoms with Crippen LogP contribution >= 0.6 is 0 Å². The van der Waals surface area contributed by atoms with E-state index in [9.17, 15) is 10.1 Å². The topological polar surface area (TPSA) is 60.2 Å². The largest absolute Gasteiger partial charge is 0.356 e. The van der Waals surface area contributed by atoms with Gasteiger partial charge in [-0.3, -0.25) is 4.79 Å². The highest BCUT2D eigenvalue weighted by molar-refractivity contribution is 5.94. The van der Waals surface area contributed by atoms with E-state index in [-0.39, 0.29) is 5.91 Å². The lowest BCUT2D eigenvalue weighted by atomic mass is 9.74. The third kappa shape index (κ3) is 3.40. The Bertz CT molecular complexity index is 827. The summed E-state index contributed by atoms with van der Waals surface area (Å²) in [5.41, 5.74) is 1.35. The molecule has 0 saturated carbocycles. The molecule has 0 spiro atoms. The molecule has 3 heterocycles. The van der Waals surface area contributed by atoms with Gasteiger partial charge in [0.2, 0.25) is 0 Å². The van der Waals surface area contributed by atoms with Gasteiger partial charge in [0.05, 0.1) is 17.0 Å². The van der Waals surface area contributed by atoms with Crippen LogP contribution in [0.2, 0.25) is 0 Å². The molecule has 2 saturated heterocycles. The first-order valence-electron chi connectivity index (χ1n) is 9.69. The number of anilines is 1. The van der Waals surface area contributed by atoms with Crippen molar-refractivity contribution in [1.82, 2.24) is 9.88 Å². The van der Waals surface area contributed by atoms with Gasteiger partial charge in [-0.25, -0.2) is 4.98 Å². The number of aromatic nitrogens is 1. The fraction of sp³-hybridized carbons (Fsp3) is 0.409. The van der Waals surface area contributed by atoms with Gasteiger partial charge in [0.15, 0.2) is 0 Å². The molecule has 2 aromatic rings. The number of nitriles is 1. The van der Waals surface area contributed by atoms with Gasteiger partial charge in [-0.05, 0) is 43.4 Å². The van der Waals surface area contributed by atoms with Gasteiger partial charge in [-0.1, -0.05) is 30.3 Å². The molecular formula is C22H24N4O. The van der Waals surface area contributed by atoms with Crippen molar-refractivity contribution in [3.63, 3.8) is 0 Å². The summed E-state index contributed by atoms with van der Waals surface area (Å²) in [6.07, 6.45) is 5.44. The Labute approximate surface area is 160 Å². The van der Waals surface area contributed by atoms with Crippen molar-refractivity contribution >= 4 is 11.7 Å². The van der Waals surface area contributed by atoms with Crippen LogP contribution < -0.4 is 4.90 Å². The van der Waals surface area contributed by atoms with Crippen molar-refractivity contribution < 1.29 is 4.79 Å². The van der Waals surface area contributed by atoms with E-state index in [1.165, 1.54) is 0 Å². The number of hydrogen-bond donors (Lipinski definition) is 0. The summed E-state index contributed by atoms with van der Waals surface area (Å²) in [5.74, 6) is 0.963. The molecule has 2 aliphatic heterocycles. The lowest BCUT2D eigenvalue weighted by Crippen LogP contribution is -2.42. The number of likely N-dealkylation sites (tertiary alicyclic amines) is 1. The summed E-state index contributed by atoms with van der Waals surface area (Å²) in [5, 5.41) is 9.83. The summed E-state index contributed by atoms with van der Waals surface area (Å²) in [6.45, 7) is 3.27. The van der Waals surface area contributed by atoms with Crippen molar-refractivity contribution in [3.05, 3.63) is 59.8 Å². The molecule has 0 bridgehead atoms. The predicted molar refractivity (Wildman–Crippen MR) is 105 cm³/mol. The first kappa shape index (κ1) is 17.5. The SMILES string of the molecule is N#CC1(c2ccccc2)CCN(c2ccc(C(=O)N3CCCC3)cn2)CC1. The highest BCUT2D eigenvalue weighted by atomic mass is 16.2. The average Bonchev–Trinajstić information content (AvgIpc) is 3.29. The van der Waals surface area contributed by atoms with E-state index >= 15 is 0 Å². The molecule has 27 heavy (non-hydrogen) atoms. The minimum atomic E-state index is -0.413. The maximum atomic E-state index is 12.5.